The molecule has 134 valence electrons. The number of pyridine rings is 1. The Morgan fingerprint density at radius 3 is 1.76 bits per heavy atom. The molecule has 0 fully saturated rings. The summed E-state index contributed by atoms with van der Waals surface area (Å²) in [5.41, 5.74) is 2.56. The van der Waals surface area contributed by atoms with E-state index < -0.39 is 0 Å². The smallest absolute Gasteiger partial charge is 0.0613 e. The summed E-state index contributed by atoms with van der Waals surface area (Å²) in [4.78, 5) is 0. The Morgan fingerprint density at radius 2 is 1.00 bits per heavy atom. The first-order valence-electron chi connectivity index (χ1n) is 10.0. The zero-order valence-corrected chi connectivity index (χ0v) is 15.8. The molecule has 5 aromatic carbocycles. The number of benzene rings is 5. The van der Waals surface area contributed by atoms with Crippen LogP contribution < -0.4 is 0 Å². The van der Waals surface area contributed by atoms with Gasteiger partial charge in [-0.05, 0) is 27.6 Å². The van der Waals surface area contributed by atoms with Gasteiger partial charge in [0.1, 0.15) is 0 Å². The highest BCUT2D eigenvalue weighted by Gasteiger charge is 2.16. The van der Waals surface area contributed by atoms with Crippen molar-refractivity contribution < 1.29 is 0 Å². The minimum absolute atomic E-state index is 1.26. The lowest BCUT2D eigenvalue weighted by Gasteiger charge is -2.14. The standard InChI is InChI=1S/C28H17N/c1-4-10-21-18(7-1)13-15-24-26(21)27-22-11-5-2-8-19(22)14-16-25(27)29-17-20-9-3-6-12-23(20)28(24)29/h1-17H. The second-order valence-corrected chi connectivity index (χ2v) is 7.83. The Hall–Kier alpha value is -3.84. The normalized spacial score (nSPS) is 12.1. The molecule has 0 aliphatic rings. The summed E-state index contributed by atoms with van der Waals surface area (Å²) in [6.45, 7) is 0. The van der Waals surface area contributed by atoms with E-state index in [0.29, 0.717) is 0 Å². The molecule has 0 aliphatic carbocycles. The van der Waals surface area contributed by atoms with Gasteiger partial charge in [0.05, 0.1) is 11.0 Å². The number of fused-ring (bicyclic) bond motifs is 12. The summed E-state index contributed by atoms with van der Waals surface area (Å²) in [5.74, 6) is 0. The number of hydrogen-bond donors (Lipinski definition) is 0. The van der Waals surface area contributed by atoms with Crippen LogP contribution in [-0.2, 0) is 0 Å². The van der Waals surface area contributed by atoms with Gasteiger partial charge in [-0.3, -0.25) is 0 Å². The van der Waals surface area contributed by atoms with E-state index in [9.17, 15) is 0 Å². The van der Waals surface area contributed by atoms with Crippen molar-refractivity contribution in [1.82, 2.24) is 4.40 Å². The highest BCUT2D eigenvalue weighted by molar-refractivity contribution is 6.31. The monoisotopic (exact) mass is 367 g/mol. The van der Waals surface area contributed by atoms with Crippen LogP contribution in [0.2, 0.25) is 0 Å². The van der Waals surface area contributed by atoms with Crippen LogP contribution in [0.4, 0.5) is 0 Å². The van der Waals surface area contributed by atoms with Gasteiger partial charge in [0.2, 0.25) is 0 Å². The fraction of sp³-hybridized carbons (Fsp3) is 0. The van der Waals surface area contributed by atoms with E-state index in [1.165, 1.54) is 59.5 Å². The summed E-state index contributed by atoms with van der Waals surface area (Å²) in [6, 6.07) is 35.3. The van der Waals surface area contributed by atoms with Gasteiger partial charge >= 0.3 is 0 Å². The Bertz CT molecular complexity index is 1750. The largest absolute Gasteiger partial charge is 0.315 e. The maximum absolute atomic E-state index is 2.39. The topological polar surface area (TPSA) is 4.41 Å². The molecule has 1 nitrogen and oxygen atoms in total. The van der Waals surface area contributed by atoms with Crippen LogP contribution in [-0.4, -0.2) is 4.40 Å². The minimum Gasteiger partial charge on any atom is -0.315 e. The van der Waals surface area contributed by atoms with E-state index >= 15 is 0 Å². The molecular weight excluding hydrogens is 350 g/mol. The van der Waals surface area contributed by atoms with Gasteiger partial charge in [0.15, 0.2) is 0 Å². The van der Waals surface area contributed by atoms with Crippen LogP contribution in [0.5, 0.6) is 0 Å². The third-order valence-corrected chi connectivity index (χ3v) is 6.33. The molecule has 2 heterocycles. The Kier molecular flexibility index (Phi) is 2.80. The third kappa shape index (κ3) is 1.89. The molecule has 0 spiro atoms. The maximum Gasteiger partial charge on any atom is 0.0613 e. The van der Waals surface area contributed by atoms with Crippen molar-refractivity contribution >= 4 is 59.5 Å². The average molecular weight is 367 g/mol. The molecule has 0 atom stereocenters. The first-order valence-corrected chi connectivity index (χ1v) is 10.0. The van der Waals surface area contributed by atoms with Crippen LogP contribution in [0.25, 0.3) is 59.5 Å². The van der Waals surface area contributed by atoms with Crippen molar-refractivity contribution in [2.24, 2.45) is 0 Å². The van der Waals surface area contributed by atoms with Crippen LogP contribution in [0.3, 0.4) is 0 Å². The van der Waals surface area contributed by atoms with Crippen molar-refractivity contribution in [3.8, 4) is 0 Å². The van der Waals surface area contributed by atoms with Gasteiger partial charge < -0.3 is 4.40 Å². The zero-order chi connectivity index (χ0) is 18.9. The summed E-state index contributed by atoms with van der Waals surface area (Å²) in [5, 5.41) is 11.8. The summed E-state index contributed by atoms with van der Waals surface area (Å²) < 4.78 is 2.39. The first-order chi connectivity index (χ1) is 14.4. The molecule has 0 aliphatic heterocycles. The molecule has 0 N–H and O–H groups in total. The molecule has 0 unspecified atom stereocenters. The number of hydrogen-bond acceptors (Lipinski definition) is 0. The molecule has 1 heteroatoms. The molecule has 0 radical (unpaired) electrons. The fourth-order valence-corrected chi connectivity index (χ4v) is 5.09. The lowest BCUT2D eigenvalue weighted by Crippen LogP contribution is -1.92. The summed E-state index contributed by atoms with van der Waals surface area (Å²) in [6.07, 6.45) is 2.29. The van der Waals surface area contributed by atoms with E-state index in [1.807, 2.05) is 0 Å². The molecule has 0 bridgehead atoms. The van der Waals surface area contributed by atoms with Gasteiger partial charge in [-0.2, -0.15) is 0 Å². The van der Waals surface area contributed by atoms with Crippen molar-refractivity contribution in [1.29, 1.82) is 0 Å². The molecule has 0 saturated heterocycles. The number of aromatic nitrogens is 1. The van der Waals surface area contributed by atoms with Gasteiger partial charge in [0, 0.05) is 33.1 Å². The number of nitrogens with zero attached hydrogens (tertiary/aromatic N) is 1. The maximum atomic E-state index is 2.39. The highest BCUT2D eigenvalue weighted by atomic mass is 14.9. The lowest BCUT2D eigenvalue weighted by molar-refractivity contribution is 1.30. The number of rotatable bonds is 0. The Morgan fingerprint density at radius 1 is 0.414 bits per heavy atom. The van der Waals surface area contributed by atoms with E-state index in [4.69, 9.17) is 0 Å². The van der Waals surface area contributed by atoms with E-state index in [2.05, 4.69) is 108 Å². The fourth-order valence-electron chi connectivity index (χ4n) is 5.09. The molecule has 29 heavy (non-hydrogen) atoms. The van der Waals surface area contributed by atoms with E-state index in [-0.39, 0.29) is 0 Å². The predicted octanol–water partition coefficient (Wildman–Crippen LogP) is 7.71. The molecule has 7 aromatic rings. The van der Waals surface area contributed by atoms with E-state index in [1.54, 1.807) is 0 Å². The summed E-state index contributed by atoms with van der Waals surface area (Å²) >= 11 is 0. The van der Waals surface area contributed by atoms with Crippen LogP contribution >= 0.6 is 0 Å². The van der Waals surface area contributed by atoms with Gasteiger partial charge in [-0.15, -0.1) is 0 Å². The predicted molar refractivity (Wildman–Crippen MR) is 125 cm³/mol. The van der Waals surface area contributed by atoms with Crippen LogP contribution in [0.15, 0.2) is 103 Å². The zero-order valence-electron chi connectivity index (χ0n) is 15.8. The third-order valence-electron chi connectivity index (χ3n) is 6.33. The second-order valence-electron chi connectivity index (χ2n) is 7.83. The van der Waals surface area contributed by atoms with Gasteiger partial charge in [0.25, 0.3) is 0 Å². The van der Waals surface area contributed by atoms with Crippen LogP contribution in [0, 0.1) is 0 Å². The lowest BCUT2D eigenvalue weighted by atomic mass is 9.94. The minimum atomic E-state index is 1.26. The molecule has 2 aromatic heterocycles. The quantitative estimate of drug-likeness (QED) is 0.242. The van der Waals surface area contributed by atoms with Crippen molar-refractivity contribution in [2.75, 3.05) is 0 Å². The van der Waals surface area contributed by atoms with E-state index in [0.717, 1.165) is 0 Å². The van der Waals surface area contributed by atoms with Crippen molar-refractivity contribution in [2.45, 2.75) is 0 Å². The van der Waals surface area contributed by atoms with Crippen molar-refractivity contribution in [3.05, 3.63) is 103 Å². The second kappa shape index (κ2) is 5.36. The van der Waals surface area contributed by atoms with Gasteiger partial charge in [-0.1, -0.05) is 91.0 Å². The van der Waals surface area contributed by atoms with Gasteiger partial charge in [-0.25, -0.2) is 0 Å². The summed E-state index contributed by atoms with van der Waals surface area (Å²) in [7, 11) is 0. The Balaban J connectivity index is 1.95. The average Bonchev–Trinajstić information content (AvgIpc) is 3.18. The molecule has 7 rings (SSSR count). The molecule has 0 saturated carbocycles. The first kappa shape index (κ1) is 15.1. The Labute approximate surface area is 167 Å². The SMILES string of the molecule is c1ccc2c(c1)ccc1c2c2c3ccccc3ccc2n2cc3ccccc3c12. The molecule has 0 amide bonds. The van der Waals surface area contributed by atoms with Crippen LogP contribution in [0.1, 0.15) is 0 Å². The highest BCUT2D eigenvalue weighted by Crippen LogP contribution is 2.41. The molecular formula is C28H17N. The van der Waals surface area contributed by atoms with Crippen molar-refractivity contribution in [3.63, 3.8) is 0 Å².